The van der Waals surface area contributed by atoms with Crippen molar-refractivity contribution in [3.05, 3.63) is 29.8 Å². The maximum absolute atomic E-state index is 11.3. The lowest BCUT2D eigenvalue weighted by Crippen LogP contribution is -2.35. The summed E-state index contributed by atoms with van der Waals surface area (Å²) in [5.41, 5.74) is 1.10. The minimum atomic E-state index is -0.260. The fraction of sp³-hybridized carbons (Fsp3) is 0.500. The number of carbonyl (C=O) groups excluding carboxylic acids is 1. The van der Waals surface area contributed by atoms with Crippen LogP contribution in [-0.4, -0.2) is 44.5 Å². The van der Waals surface area contributed by atoms with Crippen molar-refractivity contribution in [3.8, 4) is 5.75 Å². The Morgan fingerprint density at radius 2 is 2.00 bits per heavy atom. The van der Waals surface area contributed by atoms with Crippen molar-refractivity contribution in [2.75, 3.05) is 27.4 Å². The fourth-order valence-electron chi connectivity index (χ4n) is 1.82. The number of hydrogen-bond acceptors (Lipinski definition) is 5. The van der Waals surface area contributed by atoms with Gasteiger partial charge >= 0.3 is 5.97 Å². The number of hydrogen-bond donors (Lipinski definition) is 2. The third-order valence-electron chi connectivity index (χ3n) is 2.83. The van der Waals surface area contributed by atoms with Gasteiger partial charge in [-0.25, -0.2) is 0 Å². The first-order valence-corrected chi connectivity index (χ1v) is 6.23. The first kappa shape index (κ1) is 15.5. The molecule has 0 heterocycles. The average Bonchev–Trinajstić information content (AvgIpc) is 2.45. The molecule has 1 atom stereocenters. The number of nitrogens with one attached hydrogen (secondary N) is 1. The maximum atomic E-state index is 11.3. The Morgan fingerprint density at radius 1 is 1.32 bits per heavy atom. The van der Waals surface area contributed by atoms with Crippen LogP contribution in [0.4, 0.5) is 0 Å². The zero-order valence-electron chi connectivity index (χ0n) is 11.4. The van der Waals surface area contributed by atoms with Crippen molar-refractivity contribution in [2.45, 2.75) is 18.9 Å². The number of esters is 1. The van der Waals surface area contributed by atoms with Crippen LogP contribution in [0.1, 0.15) is 12.0 Å². The molecule has 1 unspecified atom stereocenters. The topological polar surface area (TPSA) is 67.8 Å². The molecule has 0 bridgehead atoms. The molecule has 0 amide bonds. The zero-order chi connectivity index (χ0) is 14.1. The van der Waals surface area contributed by atoms with E-state index in [1.165, 1.54) is 7.11 Å². The van der Waals surface area contributed by atoms with E-state index in [9.17, 15) is 4.79 Å². The first-order valence-electron chi connectivity index (χ1n) is 6.23. The van der Waals surface area contributed by atoms with Crippen LogP contribution in [0.2, 0.25) is 0 Å². The van der Waals surface area contributed by atoms with Crippen molar-refractivity contribution in [1.29, 1.82) is 0 Å². The minimum Gasteiger partial charge on any atom is -0.497 e. The van der Waals surface area contributed by atoms with Crippen LogP contribution in [0.25, 0.3) is 0 Å². The number of benzene rings is 1. The van der Waals surface area contributed by atoms with Crippen molar-refractivity contribution in [1.82, 2.24) is 5.32 Å². The van der Waals surface area contributed by atoms with Gasteiger partial charge in [-0.05, 0) is 24.1 Å². The van der Waals surface area contributed by atoms with E-state index in [-0.39, 0.29) is 25.0 Å². The summed E-state index contributed by atoms with van der Waals surface area (Å²) < 4.78 is 9.77. The van der Waals surface area contributed by atoms with Crippen molar-refractivity contribution >= 4 is 5.97 Å². The van der Waals surface area contributed by atoms with E-state index in [1.54, 1.807) is 7.11 Å². The van der Waals surface area contributed by atoms with Crippen molar-refractivity contribution in [2.24, 2.45) is 0 Å². The third kappa shape index (κ3) is 5.72. The average molecular weight is 267 g/mol. The monoisotopic (exact) mass is 267 g/mol. The number of ether oxygens (including phenoxy) is 2. The van der Waals surface area contributed by atoms with E-state index in [4.69, 9.17) is 9.84 Å². The van der Waals surface area contributed by atoms with Gasteiger partial charge in [-0.3, -0.25) is 4.79 Å². The summed E-state index contributed by atoms with van der Waals surface area (Å²) in [6, 6.07) is 7.65. The summed E-state index contributed by atoms with van der Waals surface area (Å²) in [6.07, 6.45) is 0.974. The normalized spacial score (nSPS) is 11.9. The second kappa shape index (κ2) is 8.50. The Kier molecular flexibility index (Phi) is 6.92. The van der Waals surface area contributed by atoms with E-state index in [1.807, 2.05) is 24.3 Å². The zero-order valence-corrected chi connectivity index (χ0v) is 11.4. The standard InChI is InChI=1S/C14H21NO4/c1-18-13-5-3-11(4-6-13)9-12(15-7-8-16)10-14(17)19-2/h3-6,12,15-16H,7-10H2,1-2H3. The second-order valence-electron chi connectivity index (χ2n) is 4.21. The minimum absolute atomic E-state index is 0.0419. The van der Waals surface area contributed by atoms with Crippen molar-refractivity contribution in [3.63, 3.8) is 0 Å². The molecule has 0 saturated heterocycles. The molecule has 0 radical (unpaired) electrons. The van der Waals surface area contributed by atoms with E-state index in [2.05, 4.69) is 10.1 Å². The predicted molar refractivity (Wildman–Crippen MR) is 72.2 cm³/mol. The summed E-state index contributed by atoms with van der Waals surface area (Å²) in [5.74, 6) is 0.542. The second-order valence-corrected chi connectivity index (χ2v) is 4.21. The Bertz CT molecular complexity index is 378. The third-order valence-corrected chi connectivity index (χ3v) is 2.83. The van der Waals surface area contributed by atoms with Crippen LogP contribution in [0.3, 0.4) is 0 Å². The molecule has 5 nitrogen and oxygen atoms in total. The Balaban J connectivity index is 2.60. The molecule has 0 aromatic heterocycles. The Hall–Kier alpha value is -1.59. The smallest absolute Gasteiger partial charge is 0.307 e. The van der Waals surface area contributed by atoms with Crippen LogP contribution < -0.4 is 10.1 Å². The highest BCUT2D eigenvalue weighted by molar-refractivity contribution is 5.70. The van der Waals surface area contributed by atoms with Crippen LogP contribution in [-0.2, 0) is 16.0 Å². The lowest BCUT2D eigenvalue weighted by molar-refractivity contribution is -0.141. The largest absolute Gasteiger partial charge is 0.497 e. The molecule has 106 valence electrons. The lowest BCUT2D eigenvalue weighted by atomic mass is 10.0. The molecular weight excluding hydrogens is 246 g/mol. The molecule has 1 aromatic rings. The molecule has 0 aliphatic rings. The Labute approximate surface area is 113 Å². The van der Waals surface area contributed by atoms with Crippen LogP contribution in [0, 0.1) is 0 Å². The molecule has 0 saturated carbocycles. The highest BCUT2D eigenvalue weighted by Gasteiger charge is 2.14. The highest BCUT2D eigenvalue weighted by atomic mass is 16.5. The summed E-state index contributed by atoms with van der Waals surface area (Å²) in [5, 5.41) is 12.0. The predicted octanol–water partition coefficient (Wildman–Crippen LogP) is 0.751. The molecular formula is C14H21NO4. The number of methoxy groups -OCH3 is 2. The van der Waals surface area contributed by atoms with Gasteiger partial charge in [0.1, 0.15) is 5.75 Å². The van der Waals surface area contributed by atoms with Gasteiger partial charge in [0.2, 0.25) is 0 Å². The Morgan fingerprint density at radius 3 is 2.53 bits per heavy atom. The summed E-state index contributed by atoms with van der Waals surface area (Å²) in [6.45, 7) is 0.498. The number of carbonyl (C=O) groups is 1. The molecule has 0 aliphatic carbocycles. The molecule has 1 aromatic carbocycles. The molecule has 0 spiro atoms. The molecule has 5 heteroatoms. The molecule has 19 heavy (non-hydrogen) atoms. The van der Waals surface area contributed by atoms with Gasteiger partial charge in [-0.2, -0.15) is 0 Å². The number of rotatable bonds is 8. The van der Waals surface area contributed by atoms with E-state index < -0.39 is 0 Å². The quantitative estimate of drug-likeness (QED) is 0.680. The highest BCUT2D eigenvalue weighted by Crippen LogP contribution is 2.13. The van der Waals surface area contributed by atoms with Gasteiger partial charge < -0.3 is 19.9 Å². The van der Waals surface area contributed by atoms with Crippen molar-refractivity contribution < 1.29 is 19.4 Å². The van der Waals surface area contributed by atoms with Gasteiger partial charge in [-0.15, -0.1) is 0 Å². The number of aliphatic hydroxyl groups excluding tert-OH is 1. The van der Waals surface area contributed by atoms with Gasteiger partial charge in [0, 0.05) is 12.6 Å². The van der Waals surface area contributed by atoms with E-state index in [0.717, 1.165) is 11.3 Å². The molecule has 1 rings (SSSR count). The van der Waals surface area contributed by atoms with Crippen LogP contribution >= 0.6 is 0 Å². The SMILES string of the molecule is COC(=O)CC(Cc1ccc(OC)cc1)NCCO. The number of aliphatic hydroxyl groups is 1. The maximum Gasteiger partial charge on any atom is 0.307 e. The molecule has 2 N–H and O–H groups in total. The van der Waals surface area contributed by atoms with Crippen LogP contribution in [0.5, 0.6) is 5.75 Å². The fourth-order valence-corrected chi connectivity index (χ4v) is 1.82. The van der Waals surface area contributed by atoms with E-state index in [0.29, 0.717) is 13.0 Å². The van der Waals surface area contributed by atoms with Gasteiger partial charge in [0.25, 0.3) is 0 Å². The summed E-state index contributed by atoms with van der Waals surface area (Å²) in [4.78, 5) is 11.3. The van der Waals surface area contributed by atoms with Gasteiger partial charge in [0.05, 0.1) is 27.2 Å². The summed E-state index contributed by atoms with van der Waals surface area (Å²) in [7, 11) is 3.00. The van der Waals surface area contributed by atoms with Gasteiger partial charge in [-0.1, -0.05) is 12.1 Å². The lowest BCUT2D eigenvalue weighted by Gasteiger charge is -2.17. The van der Waals surface area contributed by atoms with E-state index >= 15 is 0 Å². The first-order chi connectivity index (χ1) is 9.19. The van der Waals surface area contributed by atoms with Gasteiger partial charge in [0.15, 0.2) is 0 Å². The van der Waals surface area contributed by atoms with Crippen LogP contribution in [0.15, 0.2) is 24.3 Å². The summed E-state index contributed by atoms with van der Waals surface area (Å²) >= 11 is 0. The molecule has 0 aliphatic heterocycles. The molecule has 0 fully saturated rings.